The van der Waals surface area contributed by atoms with Crippen LogP contribution in [0.15, 0.2) is 54.9 Å². The molecule has 23 heavy (non-hydrogen) atoms. The summed E-state index contributed by atoms with van der Waals surface area (Å²) in [5.74, 6) is -0.816. The number of carbonyl (C=O) groups excluding carboxylic acids is 2. The molecule has 0 spiro atoms. The molecule has 5 heteroatoms. The predicted octanol–water partition coefficient (Wildman–Crippen LogP) is 2.34. The third-order valence-corrected chi connectivity index (χ3v) is 3.11. The predicted molar refractivity (Wildman–Crippen MR) is 84.6 cm³/mol. The molecule has 0 fully saturated rings. The lowest BCUT2D eigenvalue weighted by Crippen LogP contribution is -2.16. The summed E-state index contributed by atoms with van der Waals surface area (Å²) in [4.78, 5) is 27.2. The van der Waals surface area contributed by atoms with Crippen molar-refractivity contribution in [3.05, 3.63) is 66.0 Å². The van der Waals surface area contributed by atoms with E-state index >= 15 is 0 Å². The summed E-state index contributed by atoms with van der Waals surface area (Å²) in [5, 5.41) is 0. The molecule has 2 rings (SSSR count). The lowest BCUT2D eigenvalue weighted by Gasteiger charge is -2.05. The fourth-order valence-electron chi connectivity index (χ4n) is 1.92. The van der Waals surface area contributed by atoms with Gasteiger partial charge in [0.05, 0.1) is 6.61 Å². The lowest BCUT2D eigenvalue weighted by molar-refractivity contribution is -0.148. The number of Topliss-reactive ketones (excluding diaryl/α,β-unsaturated/α-hetero) is 1. The van der Waals surface area contributed by atoms with Crippen LogP contribution in [0.3, 0.4) is 0 Å². The number of hydrogen-bond donors (Lipinski definition) is 0. The maximum absolute atomic E-state index is 11.6. The van der Waals surface area contributed by atoms with Crippen LogP contribution in [0, 0.1) is 0 Å². The molecule has 0 atom stereocenters. The molecule has 1 aromatic heterocycles. The Morgan fingerprint density at radius 1 is 1.00 bits per heavy atom. The first kappa shape index (κ1) is 16.8. The Labute approximate surface area is 135 Å². The van der Waals surface area contributed by atoms with Crippen molar-refractivity contribution in [2.24, 2.45) is 0 Å². The molecular weight excluding hydrogens is 294 g/mol. The van der Waals surface area contributed by atoms with Gasteiger partial charge in [-0.05, 0) is 23.6 Å². The molecule has 120 valence electrons. The number of ether oxygens (including phenoxy) is 2. The van der Waals surface area contributed by atoms with E-state index in [1.165, 1.54) is 0 Å². The highest BCUT2D eigenvalue weighted by Gasteiger charge is 2.11. The molecule has 2 aromatic rings. The first-order valence-electron chi connectivity index (χ1n) is 7.42. The summed E-state index contributed by atoms with van der Waals surface area (Å²) in [6.45, 7) is 0.506. The highest BCUT2D eigenvalue weighted by Crippen LogP contribution is 2.02. The number of ketones is 1. The van der Waals surface area contributed by atoms with Crippen LogP contribution < -0.4 is 0 Å². The van der Waals surface area contributed by atoms with E-state index in [9.17, 15) is 9.59 Å². The van der Waals surface area contributed by atoms with Gasteiger partial charge in [-0.3, -0.25) is 14.6 Å². The summed E-state index contributed by atoms with van der Waals surface area (Å²) in [7, 11) is 0. The van der Waals surface area contributed by atoms with Crippen LogP contribution in [0.2, 0.25) is 0 Å². The van der Waals surface area contributed by atoms with Crippen molar-refractivity contribution in [3.63, 3.8) is 0 Å². The molecule has 0 bridgehead atoms. The Balaban J connectivity index is 1.58. The average Bonchev–Trinajstić information content (AvgIpc) is 2.59. The molecule has 1 heterocycles. The fourth-order valence-corrected chi connectivity index (χ4v) is 1.92. The molecule has 0 aliphatic rings. The van der Waals surface area contributed by atoms with E-state index in [4.69, 9.17) is 9.47 Å². The van der Waals surface area contributed by atoms with Gasteiger partial charge >= 0.3 is 5.97 Å². The molecule has 0 saturated carbocycles. The van der Waals surface area contributed by atoms with Crippen molar-refractivity contribution in [1.82, 2.24) is 4.98 Å². The molecule has 0 saturated heterocycles. The van der Waals surface area contributed by atoms with Crippen LogP contribution in [0.1, 0.15) is 17.5 Å². The second-order valence-electron chi connectivity index (χ2n) is 5.03. The van der Waals surface area contributed by atoms with Crippen LogP contribution in [-0.4, -0.2) is 30.0 Å². The van der Waals surface area contributed by atoms with Crippen molar-refractivity contribution in [2.45, 2.75) is 19.4 Å². The molecule has 0 aliphatic carbocycles. The van der Waals surface area contributed by atoms with Crippen molar-refractivity contribution in [2.75, 3.05) is 13.2 Å². The second-order valence-corrected chi connectivity index (χ2v) is 5.03. The standard InChI is InChI=1S/C18H19NO4/c20-17(14-22-10-8-15-7-4-9-19-12-15)11-18(21)23-13-16-5-2-1-3-6-16/h1-7,9,12H,8,10-11,13-14H2. The third-order valence-electron chi connectivity index (χ3n) is 3.11. The van der Waals surface area contributed by atoms with Crippen LogP contribution in [0.5, 0.6) is 0 Å². The first-order chi connectivity index (χ1) is 11.2. The largest absolute Gasteiger partial charge is 0.460 e. The van der Waals surface area contributed by atoms with Gasteiger partial charge in [-0.2, -0.15) is 0 Å². The zero-order valence-electron chi connectivity index (χ0n) is 12.8. The maximum atomic E-state index is 11.6. The van der Waals surface area contributed by atoms with Gasteiger partial charge in [0.1, 0.15) is 19.6 Å². The highest BCUT2D eigenvalue weighted by atomic mass is 16.5. The minimum absolute atomic E-state index is 0.0826. The van der Waals surface area contributed by atoms with Crippen molar-refractivity contribution in [3.8, 4) is 0 Å². The van der Waals surface area contributed by atoms with Crippen LogP contribution in [0.25, 0.3) is 0 Å². The maximum Gasteiger partial charge on any atom is 0.313 e. The smallest absolute Gasteiger partial charge is 0.313 e. The molecule has 0 radical (unpaired) electrons. The number of hydrogen-bond acceptors (Lipinski definition) is 5. The molecule has 1 aromatic carbocycles. The van der Waals surface area contributed by atoms with E-state index in [2.05, 4.69) is 4.98 Å². The SMILES string of the molecule is O=C(COCCc1cccnc1)CC(=O)OCc1ccccc1. The quantitative estimate of drug-likeness (QED) is 0.404. The Morgan fingerprint density at radius 2 is 1.78 bits per heavy atom. The zero-order chi connectivity index (χ0) is 16.3. The van der Waals surface area contributed by atoms with Gasteiger partial charge in [0.25, 0.3) is 0 Å². The van der Waals surface area contributed by atoms with Gasteiger partial charge in [-0.15, -0.1) is 0 Å². The van der Waals surface area contributed by atoms with Crippen LogP contribution >= 0.6 is 0 Å². The summed E-state index contributed by atoms with van der Waals surface area (Å²) < 4.78 is 10.3. The molecule has 0 amide bonds. The molecule has 0 unspecified atom stereocenters. The molecule has 0 aliphatic heterocycles. The minimum Gasteiger partial charge on any atom is -0.460 e. The number of pyridine rings is 1. The van der Waals surface area contributed by atoms with Crippen LogP contribution in [-0.2, 0) is 32.1 Å². The topological polar surface area (TPSA) is 65.5 Å². The number of esters is 1. The van der Waals surface area contributed by atoms with E-state index < -0.39 is 5.97 Å². The zero-order valence-corrected chi connectivity index (χ0v) is 12.8. The van der Waals surface area contributed by atoms with E-state index in [0.717, 1.165) is 11.1 Å². The fraction of sp³-hybridized carbons (Fsp3) is 0.278. The average molecular weight is 313 g/mol. The summed E-state index contributed by atoms with van der Waals surface area (Å²) in [5.41, 5.74) is 1.93. The van der Waals surface area contributed by atoms with Crippen molar-refractivity contribution < 1.29 is 19.1 Å². The number of aromatic nitrogens is 1. The van der Waals surface area contributed by atoms with Gasteiger partial charge in [-0.1, -0.05) is 36.4 Å². The van der Waals surface area contributed by atoms with Gasteiger partial charge in [-0.25, -0.2) is 0 Å². The van der Waals surface area contributed by atoms with Gasteiger partial charge in [0.15, 0.2) is 5.78 Å². The number of rotatable bonds is 9. The Morgan fingerprint density at radius 3 is 2.52 bits per heavy atom. The van der Waals surface area contributed by atoms with E-state index in [1.807, 2.05) is 42.5 Å². The van der Waals surface area contributed by atoms with Crippen LogP contribution in [0.4, 0.5) is 0 Å². The van der Waals surface area contributed by atoms with Crippen molar-refractivity contribution in [1.29, 1.82) is 0 Å². The molecule has 5 nitrogen and oxygen atoms in total. The lowest BCUT2D eigenvalue weighted by atomic mass is 10.2. The molecular formula is C18H19NO4. The van der Waals surface area contributed by atoms with Gasteiger partial charge in [0.2, 0.25) is 0 Å². The third kappa shape index (κ3) is 6.84. The molecule has 0 N–H and O–H groups in total. The summed E-state index contributed by atoms with van der Waals surface area (Å²) in [6.07, 6.45) is 3.88. The van der Waals surface area contributed by atoms with Gasteiger partial charge < -0.3 is 9.47 Å². The van der Waals surface area contributed by atoms with Crippen molar-refractivity contribution >= 4 is 11.8 Å². The second kappa shape index (κ2) is 9.48. The van der Waals surface area contributed by atoms with E-state index in [0.29, 0.717) is 13.0 Å². The Hall–Kier alpha value is -2.53. The number of nitrogens with zero attached hydrogens (tertiary/aromatic N) is 1. The number of carbonyl (C=O) groups is 2. The van der Waals surface area contributed by atoms with E-state index in [-0.39, 0.29) is 25.4 Å². The summed E-state index contributed by atoms with van der Waals surface area (Å²) >= 11 is 0. The van der Waals surface area contributed by atoms with E-state index in [1.54, 1.807) is 12.4 Å². The Bertz CT molecular complexity index is 613. The normalized spacial score (nSPS) is 10.3. The summed E-state index contributed by atoms with van der Waals surface area (Å²) in [6, 6.07) is 13.1. The first-order valence-corrected chi connectivity index (χ1v) is 7.42. The number of benzene rings is 1. The van der Waals surface area contributed by atoms with Gasteiger partial charge in [0, 0.05) is 12.4 Å². The minimum atomic E-state index is -0.533. The monoisotopic (exact) mass is 313 g/mol. The highest BCUT2D eigenvalue weighted by molar-refractivity contribution is 5.96. The Kier molecular flexibility index (Phi) is 6.94.